The largest absolute Gasteiger partial charge is 0.444 e. The maximum absolute atomic E-state index is 5.57. The van der Waals surface area contributed by atoms with Gasteiger partial charge in [0.15, 0.2) is 11.8 Å². The quantitative estimate of drug-likeness (QED) is 0.206. The number of H-pyrrole nitrogens is 1. The molecule has 2 heterocycles. The van der Waals surface area contributed by atoms with Crippen molar-refractivity contribution in [1.29, 1.82) is 0 Å². The van der Waals surface area contributed by atoms with Gasteiger partial charge in [-0.15, -0.1) is 24.0 Å². The lowest BCUT2D eigenvalue weighted by atomic mass is 10.1. The summed E-state index contributed by atoms with van der Waals surface area (Å²) in [5.41, 5.74) is 3.85. The van der Waals surface area contributed by atoms with Crippen LogP contribution >= 0.6 is 24.0 Å². The molecule has 4 rings (SSSR count). The van der Waals surface area contributed by atoms with Gasteiger partial charge in [0, 0.05) is 24.7 Å². The van der Waals surface area contributed by atoms with Gasteiger partial charge in [0.05, 0.1) is 12.2 Å². The second-order valence-corrected chi connectivity index (χ2v) is 6.32. The predicted octanol–water partition coefficient (Wildman–Crippen LogP) is 3.61. The van der Waals surface area contributed by atoms with Crippen molar-refractivity contribution in [3.8, 4) is 22.8 Å². The van der Waals surface area contributed by atoms with Crippen molar-refractivity contribution >= 4 is 29.9 Å². The van der Waals surface area contributed by atoms with Crippen LogP contribution in [0.5, 0.6) is 0 Å². The zero-order valence-electron chi connectivity index (χ0n) is 16.4. The molecule has 0 amide bonds. The highest BCUT2D eigenvalue weighted by molar-refractivity contribution is 14.0. The van der Waals surface area contributed by atoms with E-state index >= 15 is 0 Å². The van der Waals surface area contributed by atoms with E-state index < -0.39 is 0 Å². The summed E-state index contributed by atoms with van der Waals surface area (Å²) in [5, 5.41) is 13.3. The number of nitrogens with zero attached hydrogens (tertiary/aromatic N) is 4. The Kier molecular flexibility index (Phi) is 7.55. The topological polar surface area (TPSA) is 104 Å². The minimum Gasteiger partial charge on any atom is -0.444 e. The summed E-state index contributed by atoms with van der Waals surface area (Å²) in [4.78, 5) is 13.0. The number of aromatic amines is 1. The molecule has 0 aliphatic heterocycles. The minimum absolute atomic E-state index is 0. The van der Waals surface area contributed by atoms with E-state index in [4.69, 9.17) is 4.42 Å². The van der Waals surface area contributed by atoms with E-state index in [1.807, 2.05) is 48.5 Å². The maximum atomic E-state index is 5.57. The first kappa shape index (κ1) is 21.5. The van der Waals surface area contributed by atoms with Gasteiger partial charge in [0.1, 0.15) is 12.6 Å². The van der Waals surface area contributed by atoms with Gasteiger partial charge in [-0.2, -0.15) is 5.10 Å². The third-order valence-electron chi connectivity index (χ3n) is 4.31. The molecular weight excluding hydrogens is 493 g/mol. The summed E-state index contributed by atoms with van der Waals surface area (Å²) >= 11 is 0. The van der Waals surface area contributed by atoms with Crippen molar-refractivity contribution in [3.63, 3.8) is 0 Å². The fraction of sp³-hybridized carbons (Fsp3) is 0.143. The number of halogens is 1. The molecule has 3 N–H and O–H groups in total. The number of hydrogen-bond acceptors (Lipinski definition) is 5. The first-order chi connectivity index (χ1) is 14.3. The van der Waals surface area contributed by atoms with Crippen molar-refractivity contribution in [2.45, 2.75) is 13.1 Å². The Balaban J connectivity index is 0.00000256. The third-order valence-corrected chi connectivity index (χ3v) is 4.31. The van der Waals surface area contributed by atoms with Gasteiger partial charge in [-0.25, -0.2) is 9.97 Å². The fourth-order valence-corrected chi connectivity index (χ4v) is 2.86. The van der Waals surface area contributed by atoms with Crippen LogP contribution in [-0.4, -0.2) is 33.2 Å². The Labute approximate surface area is 191 Å². The Morgan fingerprint density at radius 3 is 2.60 bits per heavy atom. The Bertz CT molecular complexity index is 1080. The number of benzene rings is 2. The number of oxazole rings is 1. The molecule has 4 aromatic rings. The summed E-state index contributed by atoms with van der Waals surface area (Å²) in [5.74, 6) is 2.03. The molecule has 0 unspecified atom stereocenters. The number of hydrogen-bond donors (Lipinski definition) is 3. The number of guanidine groups is 1. The lowest BCUT2D eigenvalue weighted by Gasteiger charge is -2.11. The Hall–Kier alpha value is -3.21. The summed E-state index contributed by atoms with van der Waals surface area (Å²) in [7, 11) is 1.73. The van der Waals surface area contributed by atoms with Gasteiger partial charge in [0.25, 0.3) is 0 Å². The lowest BCUT2D eigenvalue weighted by Crippen LogP contribution is -2.36. The van der Waals surface area contributed by atoms with E-state index in [9.17, 15) is 0 Å². The van der Waals surface area contributed by atoms with Crippen LogP contribution < -0.4 is 10.6 Å². The van der Waals surface area contributed by atoms with E-state index in [-0.39, 0.29) is 24.0 Å². The van der Waals surface area contributed by atoms with Crippen LogP contribution in [0.4, 0.5) is 0 Å². The first-order valence-electron chi connectivity index (χ1n) is 9.21. The van der Waals surface area contributed by atoms with E-state index in [0.717, 1.165) is 28.2 Å². The molecule has 0 saturated heterocycles. The molecule has 0 aliphatic rings. The van der Waals surface area contributed by atoms with Crippen molar-refractivity contribution in [2.24, 2.45) is 4.99 Å². The zero-order chi connectivity index (χ0) is 19.9. The average molecular weight is 515 g/mol. The highest BCUT2D eigenvalue weighted by atomic mass is 127. The first-order valence-corrected chi connectivity index (χ1v) is 9.21. The molecule has 0 bridgehead atoms. The highest BCUT2D eigenvalue weighted by Gasteiger charge is 2.07. The molecule has 2 aromatic carbocycles. The molecule has 154 valence electrons. The van der Waals surface area contributed by atoms with Crippen molar-refractivity contribution < 1.29 is 4.42 Å². The summed E-state index contributed by atoms with van der Waals surface area (Å²) in [6.45, 7) is 1.13. The Morgan fingerprint density at radius 2 is 1.83 bits per heavy atom. The standard InChI is InChI=1S/C21H21N7O.HI/c1-22-21(23-11-15-6-5-9-17(10-15)19-25-14-26-28-19)24-12-18-13-29-20(27-18)16-7-3-2-4-8-16;/h2-10,13-14H,11-12H2,1H3,(H2,22,23,24)(H,25,26,28);1H. The molecule has 0 radical (unpaired) electrons. The van der Waals surface area contributed by atoms with Crippen molar-refractivity contribution in [2.75, 3.05) is 7.05 Å². The normalized spacial score (nSPS) is 11.0. The highest BCUT2D eigenvalue weighted by Crippen LogP contribution is 2.18. The smallest absolute Gasteiger partial charge is 0.226 e. The second-order valence-electron chi connectivity index (χ2n) is 6.32. The number of aromatic nitrogens is 4. The summed E-state index contributed by atoms with van der Waals surface area (Å²) in [6, 6.07) is 17.9. The predicted molar refractivity (Wildman–Crippen MR) is 126 cm³/mol. The monoisotopic (exact) mass is 515 g/mol. The molecule has 0 spiro atoms. The van der Waals surface area contributed by atoms with Gasteiger partial charge in [-0.3, -0.25) is 10.1 Å². The SMILES string of the molecule is CN=C(NCc1cccc(-c2ncn[nH]2)c1)NCc1coc(-c2ccccc2)n1.I. The maximum Gasteiger partial charge on any atom is 0.226 e. The van der Waals surface area contributed by atoms with E-state index in [2.05, 4.69) is 41.9 Å². The summed E-state index contributed by atoms with van der Waals surface area (Å²) < 4.78 is 5.57. The third kappa shape index (κ3) is 5.44. The van der Waals surface area contributed by atoms with Crippen LogP contribution in [0.3, 0.4) is 0 Å². The molecule has 8 nitrogen and oxygen atoms in total. The van der Waals surface area contributed by atoms with Crippen LogP contribution in [0.1, 0.15) is 11.3 Å². The van der Waals surface area contributed by atoms with Crippen LogP contribution in [0, 0.1) is 0 Å². The number of nitrogens with one attached hydrogen (secondary N) is 3. The number of rotatable bonds is 6. The van der Waals surface area contributed by atoms with Gasteiger partial charge < -0.3 is 15.1 Å². The van der Waals surface area contributed by atoms with E-state index in [1.54, 1.807) is 13.3 Å². The molecule has 9 heteroatoms. The van der Waals surface area contributed by atoms with Crippen molar-refractivity contribution in [3.05, 3.63) is 78.4 Å². The molecule has 0 fully saturated rings. The molecule has 0 atom stereocenters. The van der Waals surface area contributed by atoms with Gasteiger partial charge in [-0.05, 0) is 23.8 Å². The molecule has 0 aliphatic carbocycles. The average Bonchev–Trinajstić information content (AvgIpc) is 3.47. The van der Waals surface area contributed by atoms with Gasteiger partial charge >= 0.3 is 0 Å². The fourth-order valence-electron chi connectivity index (χ4n) is 2.86. The van der Waals surface area contributed by atoms with Crippen LogP contribution in [-0.2, 0) is 13.1 Å². The minimum atomic E-state index is 0. The second kappa shape index (κ2) is 10.5. The van der Waals surface area contributed by atoms with Crippen molar-refractivity contribution in [1.82, 2.24) is 30.8 Å². The van der Waals surface area contributed by atoms with E-state index in [1.165, 1.54) is 6.33 Å². The summed E-state index contributed by atoms with van der Waals surface area (Å²) in [6.07, 6.45) is 3.16. The molecule has 2 aromatic heterocycles. The lowest BCUT2D eigenvalue weighted by molar-refractivity contribution is 0.572. The van der Waals surface area contributed by atoms with Crippen LogP contribution in [0.25, 0.3) is 22.8 Å². The number of aliphatic imine (C=N–C) groups is 1. The molecule has 30 heavy (non-hydrogen) atoms. The van der Waals surface area contributed by atoms with Gasteiger partial charge in [0.2, 0.25) is 5.89 Å². The Morgan fingerprint density at radius 1 is 1.03 bits per heavy atom. The zero-order valence-corrected chi connectivity index (χ0v) is 18.7. The molecular formula is C21H22IN7O. The van der Waals surface area contributed by atoms with E-state index in [0.29, 0.717) is 24.9 Å². The van der Waals surface area contributed by atoms with Crippen LogP contribution in [0.15, 0.2) is 76.6 Å². The molecule has 0 saturated carbocycles. The van der Waals surface area contributed by atoms with Crippen LogP contribution in [0.2, 0.25) is 0 Å². The van der Waals surface area contributed by atoms with Gasteiger partial charge in [-0.1, -0.05) is 36.4 Å².